The number of fused-ring (bicyclic) bond motifs is 3. The molecule has 0 amide bonds. The summed E-state index contributed by atoms with van der Waals surface area (Å²) in [6.45, 7) is 0. The Morgan fingerprint density at radius 2 is 0.938 bits per heavy atom. The molecule has 0 saturated carbocycles. The van der Waals surface area contributed by atoms with Gasteiger partial charge in [-0.25, -0.2) is 4.79 Å². The second-order valence-electron chi connectivity index (χ2n) is 11.4. The van der Waals surface area contributed by atoms with Crippen molar-refractivity contribution < 1.29 is 28.8 Å². The third-order valence-corrected chi connectivity index (χ3v) is 8.80. The van der Waals surface area contributed by atoms with Crippen LogP contribution >= 0.6 is 0 Å². The van der Waals surface area contributed by atoms with Crippen LogP contribution in [0.15, 0.2) is 121 Å². The second kappa shape index (κ2) is 12.5. The summed E-state index contributed by atoms with van der Waals surface area (Å²) in [5, 5.41) is 11.5. The van der Waals surface area contributed by atoms with E-state index in [9.17, 15) is 9.90 Å². The van der Waals surface area contributed by atoms with Gasteiger partial charge in [-0.2, -0.15) is 0 Å². The number of ether oxygens (including phenoxy) is 4. The van der Waals surface area contributed by atoms with Gasteiger partial charge in [0.15, 0.2) is 0 Å². The summed E-state index contributed by atoms with van der Waals surface area (Å²) in [6.07, 6.45) is 0. The zero-order valence-corrected chi connectivity index (χ0v) is 27.0. The van der Waals surface area contributed by atoms with E-state index in [0.717, 1.165) is 83.9 Å². The molecule has 0 aliphatic carbocycles. The maximum atomic E-state index is 11.3. The van der Waals surface area contributed by atoms with Gasteiger partial charge in [0, 0.05) is 39.7 Å². The van der Waals surface area contributed by atoms with Gasteiger partial charge in [0.1, 0.15) is 23.0 Å². The van der Waals surface area contributed by atoms with Gasteiger partial charge < -0.3 is 28.6 Å². The quantitative estimate of drug-likeness (QED) is 0.170. The first kappa shape index (κ1) is 30.4. The average Bonchev–Trinajstić information content (AvgIpc) is 3.47. The van der Waals surface area contributed by atoms with Gasteiger partial charge in [0.05, 0.1) is 45.0 Å². The zero-order valence-electron chi connectivity index (χ0n) is 27.0. The number of aromatic nitrogens is 1. The summed E-state index contributed by atoms with van der Waals surface area (Å²) < 4.78 is 24.7. The third kappa shape index (κ3) is 5.35. The van der Waals surface area contributed by atoms with Crippen LogP contribution in [-0.4, -0.2) is 44.1 Å². The second-order valence-corrected chi connectivity index (χ2v) is 11.4. The normalized spacial score (nSPS) is 11.1. The number of carbonyl (C=O) groups is 1. The van der Waals surface area contributed by atoms with Crippen LogP contribution < -0.4 is 18.9 Å². The van der Waals surface area contributed by atoms with E-state index >= 15 is 0 Å². The molecule has 0 fully saturated rings. The monoisotopic (exact) mass is 635 g/mol. The molecule has 0 spiro atoms. The smallest absolute Gasteiger partial charge is 0.335 e. The number of carboxylic acids is 1. The lowest BCUT2D eigenvalue weighted by atomic mass is 9.99. The number of hydrogen-bond donors (Lipinski definition) is 1. The molecule has 1 heterocycles. The summed E-state index contributed by atoms with van der Waals surface area (Å²) >= 11 is 0. The lowest BCUT2D eigenvalue weighted by molar-refractivity contribution is 0.0697. The van der Waals surface area contributed by atoms with Crippen LogP contribution in [-0.2, 0) is 0 Å². The van der Waals surface area contributed by atoms with Crippen molar-refractivity contribution in [3.63, 3.8) is 0 Å². The summed E-state index contributed by atoms with van der Waals surface area (Å²) in [7, 11) is 6.63. The first-order valence-corrected chi connectivity index (χ1v) is 15.4. The maximum Gasteiger partial charge on any atom is 0.335 e. The average molecular weight is 636 g/mol. The number of carboxylic acid groups (broad SMARTS) is 1. The molecule has 0 atom stereocenters. The van der Waals surface area contributed by atoms with E-state index in [1.54, 1.807) is 40.6 Å². The fraction of sp³-hybridized carbons (Fsp3) is 0.0976. The Bertz CT molecular complexity index is 2190. The maximum absolute atomic E-state index is 11.3. The Balaban J connectivity index is 1.41. The van der Waals surface area contributed by atoms with Gasteiger partial charge >= 0.3 is 5.97 Å². The van der Waals surface area contributed by atoms with Gasteiger partial charge in [-0.3, -0.25) is 0 Å². The number of hydrogen-bond acceptors (Lipinski definition) is 5. The Kier molecular flexibility index (Phi) is 7.95. The Morgan fingerprint density at radius 3 is 1.35 bits per heavy atom. The van der Waals surface area contributed by atoms with Crippen molar-refractivity contribution in [2.75, 3.05) is 28.4 Å². The number of methoxy groups -OCH3 is 4. The van der Waals surface area contributed by atoms with Crippen molar-refractivity contribution in [3.05, 3.63) is 127 Å². The molecule has 0 bridgehead atoms. The molecule has 7 aromatic rings. The fourth-order valence-corrected chi connectivity index (χ4v) is 6.32. The van der Waals surface area contributed by atoms with Crippen molar-refractivity contribution >= 4 is 27.8 Å². The van der Waals surface area contributed by atoms with Crippen LogP contribution in [0, 0.1) is 0 Å². The minimum Gasteiger partial charge on any atom is -0.497 e. The van der Waals surface area contributed by atoms with E-state index in [1.165, 1.54) is 0 Å². The summed E-state index contributed by atoms with van der Waals surface area (Å²) in [6, 6.07) is 39.9. The molecule has 238 valence electrons. The highest BCUT2D eigenvalue weighted by atomic mass is 16.5. The molecule has 6 aromatic carbocycles. The minimum absolute atomic E-state index is 0.263. The van der Waals surface area contributed by atoms with Crippen LogP contribution in [0.2, 0.25) is 0 Å². The highest BCUT2D eigenvalue weighted by Gasteiger charge is 2.17. The molecule has 7 nitrogen and oxygen atoms in total. The van der Waals surface area contributed by atoms with Crippen molar-refractivity contribution in [2.45, 2.75) is 0 Å². The van der Waals surface area contributed by atoms with E-state index in [0.29, 0.717) is 0 Å². The van der Waals surface area contributed by atoms with Crippen LogP contribution in [0.1, 0.15) is 10.4 Å². The molecule has 48 heavy (non-hydrogen) atoms. The lowest BCUT2D eigenvalue weighted by Crippen LogP contribution is -1.95. The van der Waals surface area contributed by atoms with Crippen molar-refractivity contribution in [1.82, 2.24) is 4.57 Å². The molecular formula is C41H33NO6. The van der Waals surface area contributed by atoms with Gasteiger partial charge in [-0.15, -0.1) is 0 Å². The van der Waals surface area contributed by atoms with Crippen LogP contribution in [0.4, 0.5) is 0 Å². The van der Waals surface area contributed by atoms with Gasteiger partial charge in [-0.05, 0) is 95.1 Å². The van der Waals surface area contributed by atoms with E-state index < -0.39 is 5.97 Å². The molecule has 0 aliphatic heterocycles. The van der Waals surface area contributed by atoms with E-state index in [4.69, 9.17) is 18.9 Å². The van der Waals surface area contributed by atoms with Gasteiger partial charge in [-0.1, -0.05) is 36.4 Å². The summed E-state index contributed by atoms with van der Waals surface area (Å²) in [5.74, 6) is 1.98. The first-order chi connectivity index (χ1) is 23.4. The van der Waals surface area contributed by atoms with Gasteiger partial charge in [0.25, 0.3) is 0 Å². The summed E-state index contributed by atoms with van der Waals surface area (Å²) in [4.78, 5) is 11.3. The predicted octanol–water partition coefficient (Wildman–Crippen LogP) is 9.52. The SMILES string of the molecule is COc1ccc(-c2ccc3c(c2)c2cc(-c4ccc(OC)cc4OC)ccc2n3-c2ccc(-c3ccc(C(=O)O)cc3)cc2)c(OC)c1. The van der Waals surface area contributed by atoms with Crippen LogP contribution in [0.3, 0.4) is 0 Å². The van der Waals surface area contributed by atoms with Crippen molar-refractivity contribution in [2.24, 2.45) is 0 Å². The molecule has 0 radical (unpaired) electrons. The summed E-state index contributed by atoms with van der Waals surface area (Å²) in [5.41, 5.74) is 9.30. The topological polar surface area (TPSA) is 79.2 Å². The van der Waals surface area contributed by atoms with E-state index in [2.05, 4.69) is 65.2 Å². The molecule has 7 heteroatoms. The zero-order chi connectivity index (χ0) is 33.4. The van der Waals surface area contributed by atoms with E-state index in [-0.39, 0.29) is 5.56 Å². The van der Waals surface area contributed by atoms with Crippen LogP contribution in [0.5, 0.6) is 23.0 Å². The third-order valence-electron chi connectivity index (χ3n) is 8.80. The Labute approximate surface area is 278 Å². The Hall–Kier alpha value is -6.21. The van der Waals surface area contributed by atoms with Gasteiger partial charge in [0.2, 0.25) is 0 Å². The molecule has 0 aliphatic rings. The molecule has 7 rings (SSSR count). The molecule has 1 N–H and O–H groups in total. The number of nitrogens with zero attached hydrogens (tertiary/aromatic N) is 1. The Morgan fingerprint density at radius 1 is 0.500 bits per heavy atom. The first-order valence-electron chi connectivity index (χ1n) is 15.4. The molecule has 0 unspecified atom stereocenters. The lowest BCUT2D eigenvalue weighted by Gasteiger charge is -2.12. The highest BCUT2D eigenvalue weighted by molar-refractivity contribution is 6.12. The number of rotatable bonds is 9. The number of aromatic carboxylic acids is 1. The van der Waals surface area contributed by atoms with Crippen molar-refractivity contribution in [1.29, 1.82) is 0 Å². The molecular weight excluding hydrogens is 602 g/mol. The highest BCUT2D eigenvalue weighted by Crippen LogP contribution is 2.41. The largest absolute Gasteiger partial charge is 0.497 e. The fourth-order valence-electron chi connectivity index (χ4n) is 6.32. The molecule has 0 saturated heterocycles. The number of benzene rings is 6. The standard InChI is InChI=1S/C41H33NO6/c1-45-31-15-17-33(39(23-31)47-3)28-11-19-37-35(21-28)36-22-29(34-18-16-32(46-2)24-40(34)48-4)12-20-38(36)42(37)30-13-9-26(10-14-30)25-5-7-27(8-6-25)41(43)44/h5-24H,1-4H3,(H,43,44). The van der Waals surface area contributed by atoms with Crippen molar-refractivity contribution in [3.8, 4) is 62.1 Å². The van der Waals surface area contributed by atoms with Crippen LogP contribution in [0.25, 0.3) is 60.9 Å². The molecule has 1 aromatic heterocycles. The minimum atomic E-state index is -0.939. The van der Waals surface area contributed by atoms with E-state index in [1.807, 2.05) is 48.5 Å². The predicted molar refractivity (Wildman–Crippen MR) is 190 cm³/mol.